The van der Waals surface area contributed by atoms with Crippen LogP contribution in [-0.2, 0) is 17.6 Å². The Kier molecular flexibility index (Phi) is 5.66. The second-order valence-electron chi connectivity index (χ2n) is 6.92. The second kappa shape index (κ2) is 7.95. The third-order valence-corrected chi connectivity index (χ3v) is 5.13. The van der Waals surface area contributed by atoms with Crippen LogP contribution in [0.4, 0.5) is 0 Å². The van der Waals surface area contributed by atoms with Crippen molar-refractivity contribution in [2.75, 3.05) is 6.54 Å². The summed E-state index contributed by atoms with van der Waals surface area (Å²) < 4.78 is 2.07. The summed E-state index contributed by atoms with van der Waals surface area (Å²) in [6.07, 6.45) is 1.55. The normalized spacial score (nSPS) is 12.7. The zero-order chi connectivity index (χ0) is 18.7. The highest BCUT2D eigenvalue weighted by Crippen LogP contribution is 2.23. The van der Waals surface area contributed by atoms with Crippen molar-refractivity contribution in [2.45, 2.75) is 46.6 Å². The van der Waals surface area contributed by atoms with Gasteiger partial charge >= 0.3 is 0 Å². The molecule has 1 atom stereocenters. The molecule has 3 aromatic rings. The van der Waals surface area contributed by atoms with Crippen molar-refractivity contribution in [3.63, 3.8) is 0 Å². The minimum atomic E-state index is -0.313. The number of nitrogens with zero attached hydrogens (tertiary/aromatic N) is 4. The van der Waals surface area contributed by atoms with Crippen LogP contribution in [0, 0.1) is 12.8 Å². The monoisotopic (exact) mass is 371 g/mol. The fourth-order valence-corrected chi connectivity index (χ4v) is 3.74. The number of hydrogen-bond acceptors (Lipinski definition) is 5. The summed E-state index contributed by atoms with van der Waals surface area (Å²) in [5, 5.41) is 13.0. The smallest absolute Gasteiger partial charge is 0.242 e. The minimum absolute atomic E-state index is 0.000559. The number of nitrogens with one attached hydrogen (secondary N) is 1. The number of carbonyl (C=O) groups is 1. The topological polar surface area (TPSA) is 72.7 Å². The number of fused-ring (bicyclic) bond motifs is 1. The molecular formula is C19H25N5OS. The van der Waals surface area contributed by atoms with Gasteiger partial charge in [-0.1, -0.05) is 26.0 Å². The number of aromatic nitrogens is 4. The van der Waals surface area contributed by atoms with E-state index in [1.165, 1.54) is 0 Å². The lowest BCUT2D eigenvalue weighted by Crippen LogP contribution is -2.33. The van der Waals surface area contributed by atoms with E-state index in [1.807, 2.05) is 38.1 Å². The summed E-state index contributed by atoms with van der Waals surface area (Å²) in [5.74, 6) is 1.43. The van der Waals surface area contributed by atoms with Gasteiger partial charge < -0.3 is 9.88 Å². The number of hydrogen-bond donors (Lipinski definition) is 1. The highest BCUT2D eigenvalue weighted by Gasteiger charge is 2.21. The lowest BCUT2D eigenvalue weighted by Gasteiger charge is -2.18. The Labute approximate surface area is 157 Å². The Morgan fingerprint density at radius 2 is 2.00 bits per heavy atom. The Morgan fingerprint density at radius 1 is 1.23 bits per heavy atom. The average molecular weight is 372 g/mol. The number of para-hydroxylation sites is 2. The first-order valence-corrected chi connectivity index (χ1v) is 9.80. The molecule has 2 heterocycles. The van der Waals surface area contributed by atoms with Gasteiger partial charge in [-0.05, 0) is 31.9 Å². The molecule has 138 valence electrons. The Morgan fingerprint density at radius 3 is 2.69 bits per heavy atom. The van der Waals surface area contributed by atoms with Gasteiger partial charge in [0.2, 0.25) is 5.91 Å². The standard InChI is InChI=1S/C19H25N5OS/c1-12(2)11-17-21-15-7-5-6-8-16(15)24(17)13(3)19(25)20-10-9-18-23-22-14(4)26-18/h5-8,12-13H,9-11H2,1-4H3,(H,20,25)/t13-/m1/s1. The summed E-state index contributed by atoms with van der Waals surface area (Å²) in [7, 11) is 0. The first-order valence-electron chi connectivity index (χ1n) is 8.98. The van der Waals surface area contributed by atoms with Crippen molar-refractivity contribution < 1.29 is 4.79 Å². The zero-order valence-corrected chi connectivity index (χ0v) is 16.5. The molecule has 0 unspecified atom stereocenters. The first kappa shape index (κ1) is 18.5. The summed E-state index contributed by atoms with van der Waals surface area (Å²) in [5.41, 5.74) is 1.94. The van der Waals surface area contributed by atoms with Gasteiger partial charge in [-0.2, -0.15) is 0 Å². The minimum Gasteiger partial charge on any atom is -0.354 e. The van der Waals surface area contributed by atoms with Gasteiger partial charge in [0, 0.05) is 19.4 Å². The molecule has 26 heavy (non-hydrogen) atoms. The summed E-state index contributed by atoms with van der Waals surface area (Å²) in [6.45, 7) is 8.76. The molecule has 0 aliphatic heterocycles. The molecule has 1 N–H and O–H groups in total. The van der Waals surface area contributed by atoms with E-state index in [0.29, 0.717) is 18.9 Å². The number of imidazole rings is 1. The third kappa shape index (κ3) is 4.09. The van der Waals surface area contributed by atoms with Crippen molar-refractivity contribution in [2.24, 2.45) is 5.92 Å². The van der Waals surface area contributed by atoms with E-state index in [1.54, 1.807) is 11.3 Å². The van der Waals surface area contributed by atoms with Crippen LogP contribution in [0.2, 0.25) is 0 Å². The van der Waals surface area contributed by atoms with Gasteiger partial charge in [0.15, 0.2) is 0 Å². The van der Waals surface area contributed by atoms with Gasteiger partial charge in [0.25, 0.3) is 0 Å². The van der Waals surface area contributed by atoms with Crippen LogP contribution in [0.1, 0.15) is 42.7 Å². The Hall–Kier alpha value is -2.28. The van der Waals surface area contributed by atoms with Crippen molar-refractivity contribution in [1.29, 1.82) is 0 Å². The molecule has 2 aromatic heterocycles. The lowest BCUT2D eigenvalue weighted by molar-refractivity contribution is -0.123. The maximum Gasteiger partial charge on any atom is 0.242 e. The third-order valence-electron chi connectivity index (χ3n) is 4.23. The average Bonchev–Trinajstić information content (AvgIpc) is 3.16. The van der Waals surface area contributed by atoms with Crippen LogP contribution in [0.5, 0.6) is 0 Å². The number of amides is 1. The predicted octanol–water partition coefficient (Wildman–Crippen LogP) is 3.31. The lowest BCUT2D eigenvalue weighted by atomic mass is 10.1. The molecule has 0 aliphatic rings. The van der Waals surface area contributed by atoms with Crippen LogP contribution in [0.25, 0.3) is 11.0 Å². The van der Waals surface area contributed by atoms with Crippen molar-refractivity contribution in [1.82, 2.24) is 25.1 Å². The van der Waals surface area contributed by atoms with E-state index < -0.39 is 0 Å². The van der Waals surface area contributed by atoms with Gasteiger partial charge in [0.1, 0.15) is 21.9 Å². The highest BCUT2D eigenvalue weighted by molar-refractivity contribution is 7.11. The quantitative estimate of drug-likeness (QED) is 0.691. The Balaban J connectivity index is 1.75. The molecule has 0 saturated carbocycles. The van der Waals surface area contributed by atoms with Crippen LogP contribution in [0.3, 0.4) is 0 Å². The molecule has 7 heteroatoms. The molecule has 0 bridgehead atoms. The molecule has 0 fully saturated rings. The number of rotatable bonds is 7. The molecule has 1 aromatic carbocycles. The molecule has 1 amide bonds. The van der Waals surface area contributed by atoms with E-state index in [9.17, 15) is 4.79 Å². The summed E-state index contributed by atoms with van der Waals surface area (Å²) in [6, 6.07) is 7.68. The summed E-state index contributed by atoms with van der Waals surface area (Å²) >= 11 is 1.57. The molecule has 0 saturated heterocycles. The SMILES string of the molecule is Cc1nnc(CCNC(=O)[C@@H](C)n2c(CC(C)C)nc3ccccc32)s1. The van der Waals surface area contributed by atoms with Crippen LogP contribution >= 0.6 is 11.3 Å². The summed E-state index contributed by atoms with van der Waals surface area (Å²) in [4.78, 5) is 17.5. The van der Waals surface area contributed by atoms with E-state index in [-0.39, 0.29) is 11.9 Å². The van der Waals surface area contributed by atoms with E-state index in [2.05, 4.69) is 33.9 Å². The fourth-order valence-electron chi connectivity index (χ4n) is 3.03. The van der Waals surface area contributed by atoms with E-state index in [0.717, 1.165) is 33.3 Å². The van der Waals surface area contributed by atoms with E-state index >= 15 is 0 Å². The molecule has 6 nitrogen and oxygen atoms in total. The molecular weight excluding hydrogens is 346 g/mol. The number of carbonyl (C=O) groups excluding carboxylic acids is 1. The van der Waals surface area contributed by atoms with Crippen LogP contribution in [0.15, 0.2) is 24.3 Å². The first-order chi connectivity index (χ1) is 12.5. The maximum atomic E-state index is 12.7. The second-order valence-corrected chi connectivity index (χ2v) is 8.18. The number of benzene rings is 1. The van der Waals surface area contributed by atoms with Crippen molar-refractivity contribution in [3.05, 3.63) is 40.1 Å². The van der Waals surface area contributed by atoms with Crippen molar-refractivity contribution >= 4 is 28.3 Å². The predicted molar refractivity (Wildman–Crippen MR) is 104 cm³/mol. The van der Waals surface area contributed by atoms with Gasteiger partial charge in [0.05, 0.1) is 11.0 Å². The van der Waals surface area contributed by atoms with Crippen LogP contribution < -0.4 is 5.32 Å². The molecule has 0 radical (unpaired) electrons. The fraction of sp³-hybridized carbons (Fsp3) is 0.474. The number of aryl methyl sites for hydroxylation is 1. The van der Waals surface area contributed by atoms with Gasteiger partial charge in [-0.15, -0.1) is 21.5 Å². The van der Waals surface area contributed by atoms with Crippen molar-refractivity contribution in [3.8, 4) is 0 Å². The largest absolute Gasteiger partial charge is 0.354 e. The van der Waals surface area contributed by atoms with E-state index in [4.69, 9.17) is 4.98 Å². The van der Waals surface area contributed by atoms with Gasteiger partial charge in [-0.3, -0.25) is 4.79 Å². The maximum absolute atomic E-state index is 12.7. The van der Waals surface area contributed by atoms with Crippen LogP contribution in [-0.4, -0.2) is 32.2 Å². The molecule has 3 rings (SSSR count). The molecule has 0 aliphatic carbocycles. The molecule has 0 spiro atoms. The zero-order valence-electron chi connectivity index (χ0n) is 15.7. The highest BCUT2D eigenvalue weighted by atomic mass is 32.1. The Bertz CT molecular complexity index is 898. The van der Waals surface area contributed by atoms with Gasteiger partial charge in [-0.25, -0.2) is 4.98 Å².